The first-order valence-corrected chi connectivity index (χ1v) is 11.1. The number of carbonyl (C=O) groups excluding carboxylic acids is 2. The minimum atomic E-state index is -3.94. The molecule has 2 aliphatic heterocycles. The van der Waals surface area contributed by atoms with Gasteiger partial charge in [-0.1, -0.05) is 6.07 Å². The summed E-state index contributed by atoms with van der Waals surface area (Å²) in [7, 11) is -3.94. The zero-order valence-corrected chi connectivity index (χ0v) is 16.7. The van der Waals surface area contributed by atoms with Gasteiger partial charge in [0.1, 0.15) is 6.04 Å². The van der Waals surface area contributed by atoms with Crippen molar-refractivity contribution in [3.05, 3.63) is 34.4 Å². The Morgan fingerprint density at radius 1 is 1.43 bits per heavy atom. The molecule has 3 rings (SSSR count). The Kier molecular flexibility index (Phi) is 5.64. The van der Waals surface area contributed by atoms with Crippen molar-refractivity contribution in [2.24, 2.45) is 0 Å². The molecule has 0 radical (unpaired) electrons. The van der Waals surface area contributed by atoms with Crippen molar-refractivity contribution in [1.29, 1.82) is 0 Å². The van der Waals surface area contributed by atoms with E-state index < -0.39 is 21.0 Å². The number of hydrogen-bond acceptors (Lipinski definition) is 7. The first-order chi connectivity index (χ1) is 13.1. The van der Waals surface area contributed by atoms with Gasteiger partial charge in [-0.25, -0.2) is 13.1 Å². The minimum Gasteiger partial charge on any atom is -0.353 e. The lowest BCUT2D eigenvalue weighted by Crippen LogP contribution is -2.51. The van der Waals surface area contributed by atoms with Crippen LogP contribution in [0.1, 0.15) is 19.8 Å². The highest BCUT2D eigenvalue weighted by atomic mass is 32.2. The lowest BCUT2D eigenvalue weighted by atomic mass is 10.2. The van der Waals surface area contributed by atoms with Crippen LogP contribution in [-0.4, -0.2) is 59.8 Å². The molecule has 2 saturated heterocycles. The van der Waals surface area contributed by atoms with E-state index in [9.17, 15) is 28.1 Å². The van der Waals surface area contributed by atoms with Crippen LogP contribution < -0.4 is 10.0 Å². The first-order valence-electron chi connectivity index (χ1n) is 8.62. The van der Waals surface area contributed by atoms with Crippen LogP contribution in [0, 0.1) is 10.1 Å². The maximum atomic E-state index is 12.4. The molecule has 2 atom stereocenters. The van der Waals surface area contributed by atoms with Gasteiger partial charge < -0.3 is 10.2 Å². The Labute approximate surface area is 166 Å². The molecule has 2 fully saturated rings. The Bertz CT molecular complexity index is 921. The number of sulfonamides is 1. The van der Waals surface area contributed by atoms with E-state index in [-0.39, 0.29) is 40.4 Å². The standard InChI is InChI=1S/C16H20N4O6S2/c1-16-6-5-14(21)19(16)13(10-27-16)15(22)17-7-8-18-28(25,26)12-4-2-3-11(9-12)20(23)24/h2-4,9,13,18H,5-8,10H2,1H3,(H,17,22). The molecular formula is C16H20N4O6S2. The van der Waals surface area contributed by atoms with Crippen LogP contribution in [0.25, 0.3) is 0 Å². The zero-order chi connectivity index (χ0) is 20.5. The van der Waals surface area contributed by atoms with Crippen LogP contribution in [0.5, 0.6) is 0 Å². The van der Waals surface area contributed by atoms with Crippen molar-refractivity contribution in [3.8, 4) is 0 Å². The third-order valence-electron chi connectivity index (χ3n) is 4.80. The van der Waals surface area contributed by atoms with E-state index in [0.29, 0.717) is 18.6 Å². The van der Waals surface area contributed by atoms with Gasteiger partial charge in [-0.3, -0.25) is 19.7 Å². The number of nitrogens with zero attached hydrogens (tertiary/aromatic N) is 2. The predicted octanol–water partition coefficient (Wildman–Crippen LogP) is 0.443. The van der Waals surface area contributed by atoms with E-state index in [1.807, 2.05) is 6.92 Å². The summed E-state index contributed by atoms with van der Waals surface area (Å²) in [5, 5.41) is 13.4. The van der Waals surface area contributed by atoms with Crippen molar-refractivity contribution in [2.45, 2.75) is 35.6 Å². The number of thioether (sulfide) groups is 1. The summed E-state index contributed by atoms with van der Waals surface area (Å²) in [6, 6.07) is 4.15. The second-order valence-electron chi connectivity index (χ2n) is 6.71. The van der Waals surface area contributed by atoms with Crippen LogP contribution in [-0.2, 0) is 19.6 Å². The second-order valence-corrected chi connectivity index (χ2v) is 9.98. The lowest BCUT2D eigenvalue weighted by Gasteiger charge is -2.29. The average molecular weight is 428 g/mol. The molecule has 0 saturated carbocycles. The quantitative estimate of drug-likeness (QED) is 0.365. The van der Waals surface area contributed by atoms with Crippen LogP contribution >= 0.6 is 11.8 Å². The lowest BCUT2D eigenvalue weighted by molar-refractivity contribution is -0.385. The highest BCUT2D eigenvalue weighted by Crippen LogP contribution is 2.47. The van der Waals surface area contributed by atoms with Gasteiger partial charge in [-0.05, 0) is 19.4 Å². The van der Waals surface area contributed by atoms with Gasteiger partial charge in [0.05, 0.1) is 14.7 Å². The Morgan fingerprint density at radius 2 is 2.18 bits per heavy atom. The number of amides is 2. The molecule has 2 heterocycles. The van der Waals surface area contributed by atoms with E-state index in [0.717, 1.165) is 6.07 Å². The van der Waals surface area contributed by atoms with Gasteiger partial charge in [0.2, 0.25) is 21.8 Å². The van der Waals surface area contributed by atoms with Crippen molar-refractivity contribution in [3.63, 3.8) is 0 Å². The first kappa shape index (κ1) is 20.6. The number of nitrogens with one attached hydrogen (secondary N) is 2. The fourth-order valence-electron chi connectivity index (χ4n) is 3.35. The van der Waals surface area contributed by atoms with E-state index in [4.69, 9.17) is 0 Å². The van der Waals surface area contributed by atoms with Gasteiger partial charge in [-0.2, -0.15) is 0 Å². The highest BCUT2D eigenvalue weighted by Gasteiger charge is 2.52. The number of rotatable bonds is 7. The number of hydrogen-bond donors (Lipinski definition) is 2. The molecule has 0 bridgehead atoms. The van der Waals surface area contributed by atoms with E-state index >= 15 is 0 Å². The van der Waals surface area contributed by atoms with Crippen LogP contribution in [0.3, 0.4) is 0 Å². The van der Waals surface area contributed by atoms with Gasteiger partial charge in [-0.15, -0.1) is 11.8 Å². The number of carbonyl (C=O) groups is 2. The molecule has 12 heteroatoms. The maximum Gasteiger partial charge on any atom is 0.270 e. The summed E-state index contributed by atoms with van der Waals surface area (Å²) >= 11 is 1.58. The van der Waals surface area contributed by atoms with Gasteiger partial charge in [0.25, 0.3) is 5.69 Å². The third-order valence-corrected chi connectivity index (χ3v) is 7.77. The van der Waals surface area contributed by atoms with Crippen LogP contribution in [0.15, 0.2) is 29.2 Å². The molecule has 10 nitrogen and oxygen atoms in total. The number of fused-ring (bicyclic) bond motifs is 1. The third kappa shape index (κ3) is 3.98. The zero-order valence-electron chi connectivity index (χ0n) is 15.1. The van der Waals surface area contributed by atoms with Gasteiger partial charge in [0, 0.05) is 37.4 Å². The van der Waals surface area contributed by atoms with Crippen molar-refractivity contribution >= 4 is 39.3 Å². The molecule has 0 aliphatic carbocycles. The number of benzene rings is 1. The summed E-state index contributed by atoms with van der Waals surface area (Å²) < 4.78 is 26.8. The van der Waals surface area contributed by atoms with Crippen molar-refractivity contribution in [1.82, 2.24) is 14.9 Å². The fourth-order valence-corrected chi connectivity index (χ4v) is 5.85. The second kappa shape index (κ2) is 7.68. The Hall–Kier alpha value is -2.18. The summed E-state index contributed by atoms with van der Waals surface area (Å²) in [4.78, 5) is 35.6. The summed E-state index contributed by atoms with van der Waals surface area (Å²) in [5.74, 6) is 0.146. The van der Waals surface area contributed by atoms with E-state index in [1.165, 1.54) is 18.2 Å². The predicted molar refractivity (Wildman–Crippen MR) is 102 cm³/mol. The molecule has 1 aromatic rings. The molecular weight excluding hydrogens is 408 g/mol. The summed E-state index contributed by atoms with van der Waals surface area (Å²) in [6.45, 7) is 1.90. The monoisotopic (exact) mass is 428 g/mol. The molecule has 28 heavy (non-hydrogen) atoms. The fraction of sp³-hybridized carbons (Fsp3) is 0.500. The van der Waals surface area contributed by atoms with Crippen molar-refractivity contribution in [2.75, 3.05) is 18.8 Å². The number of nitro benzene ring substituents is 1. The molecule has 2 amide bonds. The van der Waals surface area contributed by atoms with Gasteiger partial charge in [0.15, 0.2) is 0 Å². The molecule has 152 valence electrons. The topological polar surface area (TPSA) is 139 Å². The molecule has 0 aromatic heterocycles. The largest absolute Gasteiger partial charge is 0.353 e. The number of nitro groups is 1. The van der Waals surface area contributed by atoms with Crippen LogP contribution in [0.4, 0.5) is 5.69 Å². The maximum absolute atomic E-state index is 12.4. The highest BCUT2D eigenvalue weighted by molar-refractivity contribution is 8.01. The average Bonchev–Trinajstić information content (AvgIpc) is 3.15. The van der Waals surface area contributed by atoms with E-state index in [2.05, 4.69) is 10.0 Å². The van der Waals surface area contributed by atoms with E-state index in [1.54, 1.807) is 16.7 Å². The molecule has 0 spiro atoms. The Balaban J connectivity index is 1.53. The molecule has 2 aliphatic rings. The SMILES string of the molecule is CC12CCC(=O)N1C(C(=O)NCCNS(=O)(=O)c1cccc([N+](=O)[O-])c1)CS2. The van der Waals surface area contributed by atoms with Crippen molar-refractivity contribution < 1.29 is 22.9 Å². The number of non-ortho nitro benzene ring substituents is 1. The summed E-state index contributed by atoms with van der Waals surface area (Å²) in [6.07, 6.45) is 1.14. The molecule has 2 N–H and O–H groups in total. The smallest absolute Gasteiger partial charge is 0.270 e. The summed E-state index contributed by atoms with van der Waals surface area (Å²) in [5.41, 5.74) is -0.326. The normalized spacial score (nSPS) is 24.2. The van der Waals surface area contributed by atoms with Crippen LogP contribution in [0.2, 0.25) is 0 Å². The minimum absolute atomic E-state index is 0.0346. The van der Waals surface area contributed by atoms with Gasteiger partial charge >= 0.3 is 0 Å². The molecule has 2 unspecified atom stereocenters. The Morgan fingerprint density at radius 3 is 2.89 bits per heavy atom. The molecule has 1 aromatic carbocycles.